The molecule has 0 heterocycles. The van der Waals surface area contributed by atoms with E-state index in [1.165, 1.54) is 19.3 Å². The van der Waals surface area contributed by atoms with E-state index in [-0.39, 0.29) is 11.9 Å². The standard InChI is InChI=1S/C17H24BrN3O/c1-3-15(19-14-9-6-8-13(18)11-14)17(22)21-20-16-10-5-4-7-12(16)2/h6,8-9,11-12,15,19H,3-5,7,10H2,1-2H3,(H,21,22)/t12-,15+/m0/s1. The number of halogens is 1. The lowest BCUT2D eigenvalue weighted by Gasteiger charge is -2.21. The third-order valence-corrected chi connectivity index (χ3v) is 4.58. The highest BCUT2D eigenvalue weighted by atomic mass is 79.9. The average molecular weight is 366 g/mol. The van der Waals surface area contributed by atoms with Crippen LogP contribution in [0.5, 0.6) is 0 Å². The van der Waals surface area contributed by atoms with Gasteiger partial charge in [0.2, 0.25) is 0 Å². The molecule has 0 saturated heterocycles. The van der Waals surface area contributed by atoms with E-state index in [1.807, 2.05) is 31.2 Å². The third kappa shape index (κ3) is 4.83. The fourth-order valence-corrected chi connectivity index (χ4v) is 3.07. The lowest BCUT2D eigenvalue weighted by molar-refractivity contribution is -0.121. The molecular formula is C17H24BrN3O. The quantitative estimate of drug-likeness (QED) is 0.763. The molecule has 1 aromatic carbocycles. The fourth-order valence-electron chi connectivity index (χ4n) is 2.67. The van der Waals surface area contributed by atoms with Crippen LogP contribution in [0.4, 0.5) is 5.69 Å². The second-order valence-corrected chi connectivity index (χ2v) is 6.76. The van der Waals surface area contributed by atoms with E-state index in [4.69, 9.17) is 0 Å². The maximum atomic E-state index is 12.3. The van der Waals surface area contributed by atoms with E-state index in [1.54, 1.807) is 0 Å². The first kappa shape index (κ1) is 17.0. The smallest absolute Gasteiger partial charge is 0.262 e. The number of rotatable bonds is 5. The molecule has 22 heavy (non-hydrogen) atoms. The Bertz CT molecular complexity index is 544. The summed E-state index contributed by atoms with van der Waals surface area (Å²) in [4.78, 5) is 12.3. The van der Waals surface area contributed by atoms with Gasteiger partial charge in [-0.05, 0) is 49.8 Å². The minimum Gasteiger partial charge on any atom is -0.374 e. The predicted molar refractivity (Wildman–Crippen MR) is 95.1 cm³/mol. The van der Waals surface area contributed by atoms with Crippen LogP contribution in [0.1, 0.15) is 46.0 Å². The number of anilines is 1. The predicted octanol–water partition coefficient (Wildman–Crippen LogP) is 4.32. The number of benzene rings is 1. The molecule has 1 amide bonds. The summed E-state index contributed by atoms with van der Waals surface area (Å²) < 4.78 is 0.990. The Labute approximate surface area is 140 Å². The Morgan fingerprint density at radius 1 is 1.45 bits per heavy atom. The first-order valence-corrected chi connectivity index (χ1v) is 8.78. The normalized spacial score (nSPS) is 21.4. The summed E-state index contributed by atoms with van der Waals surface area (Å²) in [5, 5.41) is 7.62. The Balaban J connectivity index is 1.95. The maximum Gasteiger partial charge on any atom is 0.262 e. The maximum absolute atomic E-state index is 12.3. The molecule has 1 aliphatic carbocycles. The molecule has 0 radical (unpaired) electrons. The molecule has 2 N–H and O–H groups in total. The number of hydrazone groups is 1. The van der Waals surface area contributed by atoms with E-state index in [0.717, 1.165) is 22.3 Å². The van der Waals surface area contributed by atoms with E-state index in [0.29, 0.717) is 12.3 Å². The molecule has 2 atom stereocenters. The lowest BCUT2D eigenvalue weighted by Crippen LogP contribution is -2.37. The summed E-state index contributed by atoms with van der Waals surface area (Å²) in [5.74, 6) is 0.403. The van der Waals surface area contributed by atoms with Gasteiger partial charge in [0.15, 0.2) is 0 Å². The van der Waals surface area contributed by atoms with Crippen molar-refractivity contribution < 1.29 is 4.79 Å². The number of amides is 1. The zero-order valence-electron chi connectivity index (χ0n) is 13.2. The molecule has 0 unspecified atom stereocenters. The SMILES string of the molecule is CC[C@@H](Nc1cccc(Br)c1)C(=O)NN=C1CCCC[C@@H]1C. The largest absolute Gasteiger partial charge is 0.374 e. The van der Waals surface area contributed by atoms with Crippen molar-refractivity contribution >= 4 is 33.2 Å². The van der Waals surface area contributed by atoms with Gasteiger partial charge in [0, 0.05) is 15.9 Å². The van der Waals surface area contributed by atoms with Crippen molar-refractivity contribution in [1.29, 1.82) is 0 Å². The molecule has 5 heteroatoms. The summed E-state index contributed by atoms with van der Waals surface area (Å²) in [6.45, 7) is 4.17. The van der Waals surface area contributed by atoms with Crippen molar-refractivity contribution in [3.63, 3.8) is 0 Å². The molecule has 0 bridgehead atoms. The van der Waals surface area contributed by atoms with E-state index < -0.39 is 0 Å². The van der Waals surface area contributed by atoms with Crippen molar-refractivity contribution in [3.05, 3.63) is 28.7 Å². The van der Waals surface area contributed by atoms with Gasteiger partial charge in [0.25, 0.3) is 5.91 Å². The zero-order chi connectivity index (χ0) is 15.9. The highest BCUT2D eigenvalue weighted by molar-refractivity contribution is 9.10. The van der Waals surface area contributed by atoms with Crippen LogP contribution in [0.3, 0.4) is 0 Å². The number of hydrogen-bond acceptors (Lipinski definition) is 3. The molecule has 0 aromatic heterocycles. The van der Waals surface area contributed by atoms with Crippen LogP contribution < -0.4 is 10.7 Å². The molecule has 120 valence electrons. The Hall–Kier alpha value is -1.36. The van der Waals surface area contributed by atoms with Crippen LogP contribution in [0, 0.1) is 5.92 Å². The van der Waals surface area contributed by atoms with Crippen LogP contribution in [-0.4, -0.2) is 17.7 Å². The molecule has 0 aliphatic heterocycles. The first-order valence-electron chi connectivity index (χ1n) is 7.98. The van der Waals surface area contributed by atoms with Gasteiger partial charge in [-0.3, -0.25) is 4.79 Å². The Morgan fingerprint density at radius 3 is 2.95 bits per heavy atom. The van der Waals surface area contributed by atoms with E-state index in [9.17, 15) is 4.79 Å². The van der Waals surface area contributed by atoms with Crippen LogP contribution in [0.15, 0.2) is 33.8 Å². The van der Waals surface area contributed by atoms with Crippen LogP contribution in [-0.2, 0) is 4.79 Å². The number of hydrogen-bond donors (Lipinski definition) is 2. The summed E-state index contributed by atoms with van der Waals surface area (Å²) in [5.41, 5.74) is 4.79. The summed E-state index contributed by atoms with van der Waals surface area (Å²) in [6.07, 6.45) is 5.31. The van der Waals surface area contributed by atoms with Gasteiger partial charge in [0.05, 0.1) is 0 Å². The van der Waals surface area contributed by atoms with Crippen molar-refractivity contribution in [3.8, 4) is 0 Å². The first-order chi connectivity index (χ1) is 10.6. The second-order valence-electron chi connectivity index (χ2n) is 5.84. The Kier molecular flexibility index (Phi) is 6.43. The van der Waals surface area contributed by atoms with Crippen molar-refractivity contribution in [1.82, 2.24) is 5.43 Å². The number of nitrogens with one attached hydrogen (secondary N) is 2. The van der Waals surface area contributed by atoms with Crippen molar-refractivity contribution in [2.75, 3.05) is 5.32 Å². The summed E-state index contributed by atoms with van der Waals surface area (Å²) in [7, 11) is 0. The number of carbonyl (C=O) groups excluding carboxylic acids is 1. The average Bonchev–Trinajstić information content (AvgIpc) is 2.51. The molecule has 1 saturated carbocycles. The van der Waals surface area contributed by atoms with Crippen LogP contribution in [0.2, 0.25) is 0 Å². The molecule has 4 nitrogen and oxygen atoms in total. The van der Waals surface area contributed by atoms with Gasteiger partial charge in [-0.25, -0.2) is 5.43 Å². The van der Waals surface area contributed by atoms with E-state index in [2.05, 4.69) is 38.7 Å². The van der Waals surface area contributed by atoms with Gasteiger partial charge < -0.3 is 5.32 Å². The van der Waals surface area contributed by atoms with Crippen LogP contribution in [0.25, 0.3) is 0 Å². The minimum atomic E-state index is -0.280. The van der Waals surface area contributed by atoms with Gasteiger partial charge >= 0.3 is 0 Å². The van der Waals surface area contributed by atoms with Gasteiger partial charge in [-0.1, -0.05) is 42.3 Å². The molecule has 1 fully saturated rings. The van der Waals surface area contributed by atoms with E-state index >= 15 is 0 Å². The number of nitrogens with zero attached hydrogens (tertiary/aromatic N) is 1. The zero-order valence-corrected chi connectivity index (χ0v) is 14.8. The number of carbonyl (C=O) groups is 1. The highest BCUT2D eigenvalue weighted by Crippen LogP contribution is 2.21. The summed E-state index contributed by atoms with van der Waals surface area (Å²) >= 11 is 3.44. The van der Waals surface area contributed by atoms with Gasteiger partial charge in [0.1, 0.15) is 6.04 Å². The molecule has 0 spiro atoms. The van der Waals surface area contributed by atoms with Gasteiger partial charge in [-0.15, -0.1) is 0 Å². The summed E-state index contributed by atoms with van der Waals surface area (Å²) in [6, 6.07) is 7.54. The third-order valence-electron chi connectivity index (χ3n) is 4.09. The minimum absolute atomic E-state index is 0.0762. The molecule has 1 aromatic rings. The van der Waals surface area contributed by atoms with Crippen molar-refractivity contribution in [2.24, 2.45) is 11.0 Å². The van der Waals surface area contributed by atoms with Crippen LogP contribution >= 0.6 is 15.9 Å². The second kappa shape index (κ2) is 8.32. The topological polar surface area (TPSA) is 53.5 Å². The fraction of sp³-hybridized carbons (Fsp3) is 0.529. The van der Waals surface area contributed by atoms with Crippen molar-refractivity contribution in [2.45, 2.75) is 52.0 Å². The molecule has 1 aliphatic rings. The molecular weight excluding hydrogens is 342 g/mol. The Morgan fingerprint density at radius 2 is 2.27 bits per heavy atom. The lowest BCUT2D eigenvalue weighted by atomic mass is 9.89. The monoisotopic (exact) mass is 365 g/mol. The highest BCUT2D eigenvalue weighted by Gasteiger charge is 2.19. The molecule has 2 rings (SSSR count). The van der Waals surface area contributed by atoms with Gasteiger partial charge in [-0.2, -0.15) is 5.10 Å².